The highest BCUT2D eigenvalue weighted by atomic mass is 16.5. The van der Waals surface area contributed by atoms with Crippen molar-refractivity contribution in [1.29, 1.82) is 0 Å². The van der Waals surface area contributed by atoms with Crippen LogP contribution in [0.25, 0.3) is 0 Å². The highest BCUT2D eigenvalue weighted by Gasteiger charge is 2.36. The molecule has 0 saturated heterocycles. The molecule has 1 aliphatic carbocycles. The van der Waals surface area contributed by atoms with Crippen molar-refractivity contribution in [3.63, 3.8) is 0 Å². The Bertz CT molecular complexity index is 445. The van der Waals surface area contributed by atoms with E-state index >= 15 is 0 Å². The van der Waals surface area contributed by atoms with Crippen molar-refractivity contribution in [3.05, 3.63) is 35.9 Å². The predicted octanol–water partition coefficient (Wildman–Crippen LogP) is 2.18. The average Bonchev–Trinajstić information content (AvgIpc) is 2.45. The van der Waals surface area contributed by atoms with Gasteiger partial charge in [0, 0.05) is 19.6 Å². The maximum Gasteiger partial charge on any atom is 0.242 e. The molecule has 1 saturated carbocycles. The zero-order chi connectivity index (χ0) is 15.1. The summed E-state index contributed by atoms with van der Waals surface area (Å²) in [6.07, 6.45) is 5.73. The molecule has 0 bridgehead atoms. The second kappa shape index (κ2) is 7.57. The van der Waals surface area contributed by atoms with Gasteiger partial charge in [0.1, 0.15) is 5.54 Å². The summed E-state index contributed by atoms with van der Waals surface area (Å²) < 4.78 is 5.72. The van der Waals surface area contributed by atoms with Crippen molar-refractivity contribution in [1.82, 2.24) is 5.32 Å². The van der Waals surface area contributed by atoms with Gasteiger partial charge in [-0.2, -0.15) is 0 Å². The van der Waals surface area contributed by atoms with Crippen LogP contribution in [-0.2, 0) is 15.1 Å². The van der Waals surface area contributed by atoms with Crippen LogP contribution >= 0.6 is 0 Å². The molecule has 0 aromatic heterocycles. The maximum atomic E-state index is 12.0. The predicted molar refractivity (Wildman–Crippen MR) is 83.8 cm³/mol. The molecule has 0 spiro atoms. The molecule has 4 heteroatoms. The minimum atomic E-state index is -0.849. The molecule has 116 valence electrons. The molecule has 0 heterocycles. The molecule has 1 amide bonds. The van der Waals surface area contributed by atoms with Gasteiger partial charge in [0.15, 0.2) is 0 Å². The van der Waals surface area contributed by atoms with Crippen LogP contribution in [0, 0.1) is 5.92 Å². The zero-order valence-electron chi connectivity index (χ0n) is 12.8. The summed E-state index contributed by atoms with van der Waals surface area (Å²) in [5.41, 5.74) is 5.69. The van der Waals surface area contributed by atoms with Crippen LogP contribution in [0.2, 0.25) is 0 Å². The van der Waals surface area contributed by atoms with Gasteiger partial charge in [0.05, 0.1) is 0 Å². The van der Waals surface area contributed by atoms with Crippen molar-refractivity contribution >= 4 is 5.91 Å². The summed E-state index contributed by atoms with van der Waals surface area (Å²) in [6.45, 7) is 1.31. The number of carbonyl (C=O) groups is 1. The van der Waals surface area contributed by atoms with Crippen LogP contribution in [-0.4, -0.2) is 26.2 Å². The van der Waals surface area contributed by atoms with Crippen molar-refractivity contribution in [3.8, 4) is 0 Å². The third-order valence-corrected chi connectivity index (χ3v) is 4.63. The van der Waals surface area contributed by atoms with Crippen LogP contribution in [0.3, 0.4) is 0 Å². The van der Waals surface area contributed by atoms with Crippen LogP contribution in [0.4, 0.5) is 0 Å². The third kappa shape index (κ3) is 3.83. The molecule has 1 unspecified atom stereocenters. The molecule has 1 fully saturated rings. The number of carbonyl (C=O) groups excluding carboxylic acids is 1. The van der Waals surface area contributed by atoms with Gasteiger partial charge in [-0.3, -0.25) is 4.79 Å². The lowest BCUT2D eigenvalue weighted by Crippen LogP contribution is -2.51. The van der Waals surface area contributed by atoms with E-state index in [9.17, 15) is 4.79 Å². The second-order valence-corrected chi connectivity index (χ2v) is 5.83. The van der Waals surface area contributed by atoms with Gasteiger partial charge < -0.3 is 15.8 Å². The smallest absolute Gasteiger partial charge is 0.242 e. The molecule has 1 aromatic rings. The Hall–Kier alpha value is -1.39. The fourth-order valence-electron chi connectivity index (χ4n) is 2.88. The highest BCUT2D eigenvalue weighted by Crippen LogP contribution is 2.29. The summed E-state index contributed by atoms with van der Waals surface area (Å²) in [5.74, 6) is 0.489. The first-order valence-corrected chi connectivity index (χ1v) is 7.81. The number of ether oxygens (including phenoxy) is 1. The van der Waals surface area contributed by atoms with Gasteiger partial charge in [-0.15, -0.1) is 0 Å². The second-order valence-electron chi connectivity index (χ2n) is 5.83. The standard InChI is InChI=1S/C17H26N2O2/c1-19-17(16(18)20,15-8-3-2-4-9-15)11-13-21-12-10-14-6-5-7-14/h2-4,8-9,14,19H,5-7,10-13H2,1H3,(H2,18,20). The molecular weight excluding hydrogens is 264 g/mol. The number of benzene rings is 1. The Morgan fingerprint density at radius 1 is 1.33 bits per heavy atom. The monoisotopic (exact) mass is 290 g/mol. The first-order chi connectivity index (χ1) is 10.2. The van der Waals surface area contributed by atoms with E-state index in [0.29, 0.717) is 13.0 Å². The Labute approximate surface area is 127 Å². The van der Waals surface area contributed by atoms with E-state index in [1.807, 2.05) is 30.3 Å². The quantitative estimate of drug-likeness (QED) is 0.685. The van der Waals surface area contributed by atoms with Crippen LogP contribution < -0.4 is 11.1 Å². The molecule has 21 heavy (non-hydrogen) atoms. The van der Waals surface area contributed by atoms with Gasteiger partial charge in [0.2, 0.25) is 5.91 Å². The van der Waals surface area contributed by atoms with Gasteiger partial charge >= 0.3 is 0 Å². The lowest BCUT2D eigenvalue weighted by Gasteiger charge is -2.31. The Morgan fingerprint density at radius 3 is 2.57 bits per heavy atom. The topological polar surface area (TPSA) is 64.3 Å². The molecule has 4 nitrogen and oxygen atoms in total. The molecule has 0 radical (unpaired) electrons. The van der Waals surface area contributed by atoms with E-state index in [4.69, 9.17) is 10.5 Å². The molecular formula is C17H26N2O2. The number of nitrogens with one attached hydrogen (secondary N) is 1. The first kappa shape index (κ1) is 16.0. The largest absolute Gasteiger partial charge is 0.381 e. The lowest BCUT2D eigenvalue weighted by atomic mass is 9.83. The highest BCUT2D eigenvalue weighted by molar-refractivity contribution is 5.86. The summed E-state index contributed by atoms with van der Waals surface area (Å²) >= 11 is 0. The van der Waals surface area contributed by atoms with Gasteiger partial charge in [-0.25, -0.2) is 0 Å². The molecule has 0 aliphatic heterocycles. The van der Waals surface area contributed by atoms with Crippen molar-refractivity contribution < 1.29 is 9.53 Å². The van der Waals surface area contributed by atoms with Crippen LogP contribution in [0.1, 0.15) is 37.7 Å². The summed E-state index contributed by atoms with van der Waals surface area (Å²) in [6, 6.07) is 9.62. The zero-order valence-corrected chi connectivity index (χ0v) is 12.8. The van der Waals surface area contributed by atoms with Gasteiger partial charge in [-0.05, 0) is 24.9 Å². The minimum Gasteiger partial charge on any atom is -0.381 e. The molecule has 3 N–H and O–H groups in total. The number of rotatable bonds is 9. The fraction of sp³-hybridized carbons (Fsp3) is 0.588. The SMILES string of the molecule is CNC(CCOCCC1CCC1)(C(N)=O)c1ccccc1. The molecule has 1 aliphatic rings. The fourth-order valence-corrected chi connectivity index (χ4v) is 2.88. The molecule has 1 atom stereocenters. The van der Waals surface area contributed by atoms with Crippen molar-refractivity contribution in [2.24, 2.45) is 11.7 Å². The summed E-state index contributed by atoms with van der Waals surface area (Å²) in [7, 11) is 1.77. The summed E-state index contributed by atoms with van der Waals surface area (Å²) in [5, 5.41) is 3.10. The first-order valence-electron chi connectivity index (χ1n) is 7.81. The number of amides is 1. The van der Waals surface area contributed by atoms with Gasteiger partial charge in [0.25, 0.3) is 0 Å². The third-order valence-electron chi connectivity index (χ3n) is 4.63. The molecule has 2 rings (SSSR count). The van der Waals surface area contributed by atoms with E-state index in [0.717, 1.165) is 24.5 Å². The number of hydrogen-bond acceptors (Lipinski definition) is 3. The van der Waals surface area contributed by atoms with Crippen molar-refractivity contribution in [2.45, 2.75) is 37.6 Å². The van der Waals surface area contributed by atoms with Gasteiger partial charge in [-0.1, -0.05) is 49.6 Å². The van der Waals surface area contributed by atoms with Crippen LogP contribution in [0.15, 0.2) is 30.3 Å². The van der Waals surface area contributed by atoms with Crippen molar-refractivity contribution in [2.75, 3.05) is 20.3 Å². The van der Waals surface area contributed by atoms with E-state index in [1.165, 1.54) is 19.3 Å². The van der Waals surface area contributed by atoms with E-state index < -0.39 is 5.54 Å². The van der Waals surface area contributed by atoms with E-state index in [-0.39, 0.29) is 5.91 Å². The number of hydrogen-bond donors (Lipinski definition) is 2. The number of primary amides is 1. The Balaban J connectivity index is 1.88. The average molecular weight is 290 g/mol. The summed E-state index contributed by atoms with van der Waals surface area (Å²) in [4.78, 5) is 12.0. The van der Waals surface area contributed by atoms with Crippen LogP contribution in [0.5, 0.6) is 0 Å². The molecule has 1 aromatic carbocycles. The van der Waals surface area contributed by atoms with E-state index in [2.05, 4.69) is 5.32 Å². The minimum absolute atomic E-state index is 0.362. The Kier molecular flexibility index (Phi) is 5.76. The normalized spacial score (nSPS) is 18.0. The maximum absolute atomic E-state index is 12.0. The lowest BCUT2D eigenvalue weighted by molar-refractivity contribution is -0.125. The number of likely N-dealkylation sites (N-methyl/N-ethyl adjacent to an activating group) is 1. The Morgan fingerprint density at radius 2 is 2.05 bits per heavy atom. The number of nitrogens with two attached hydrogens (primary N) is 1. The van der Waals surface area contributed by atoms with E-state index in [1.54, 1.807) is 7.05 Å².